The van der Waals surface area contributed by atoms with E-state index in [1.165, 1.54) is 6.42 Å². The molecule has 1 atom stereocenters. The van der Waals surface area contributed by atoms with E-state index in [1.54, 1.807) is 13.8 Å². The van der Waals surface area contributed by atoms with Crippen LogP contribution in [0.1, 0.15) is 55.2 Å². The summed E-state index contributed by atoms with van der Waals surface area (Å²) in [4.78, 5) is 3.35. The van der Waals surface area contributed by atoms with Gasteiger partial charge < -0.3 is 14.1 Å². The van der Waals surface area contributed by atoms with Gasteiger partial charge in [-0.05, 0) is 45.1 Å². The van der Waals surface area contributed by atoms with Crippen LogP contribution in [0.5, 0.6) is 0 Å². The van der Waals surface area contributed by atoms with Crippen molar-refractivity contribution in [2.75, 3.05) is 13.2 Å². The summed E-state index contributed by atoms with van der Waals surface area (Å²) in [7, 11) is -3.65. The summed E-state index contributed by atoms with van der Waals surface area (Å²) in [5.41, 5.74) is 1.71. The van der Waals surface area contributed by atoms with E-state index >= 15 is 0 Å². The van der Waals surface area contributed by atoms with Crippen molar-refractivity contribution in [3.8, 4) is 11.6 Å². The van der Waals surface area contributed by atoms with Crippen molar-refractivity contribution in [3.05, 3.63) is 17.1 Å². The molecule has 2 N–H and O–H groups in total. The molecule has 2 aromatic rings. The Morgan fingerprint density at radius 3 is 2.65 bits per heavy atom. The highest BCUT2D eigenvalue weighted by molar-refractivity contribution is 7.89. The zero-order valence-corrected chi connectivity index (χ0v) is 15.9. The molecule has 8 nitrogen and oxygen atoms in total. The molecular weight excluding hydrogens is 356 g/mol. The molecular formula is C17H24N4O4S. The van der Waals surface area contributed by atoms with Gasteiger partial charge in [-0.25, -0.2) is 13.1 Å². The maximum absolute atomic E-state index is 12.8. The highest BCUT2D eigenvalue weighted by Crippen LogP contribution is 2.37. The Hall–Kier alpha value is -1.71. The molecule has 1 saturated carbocycles. The van der Waals surface area contributed by atoms with E-state index in [9.17, 15) is 8.42 Å². The SMILES string of the molecule is Cc1[nH]c(-c2nnc(C3CCC3)o2)c(C)c1S(=O)(=O)NCC1CCCO1. The van der Waals surface area contributed by atoms with Crippen LogP contribution in [-0.4, -0.2) is 42.9 Å². The first kappa shape index (κ1) is 17.7. The van der Waals surface area contributed by atoms with E-state index < -0.39 is 10.0 Å². The zero-order chi connectivity index (χ0) is 18.3. The minimum atomic E-state index is -3.65. The Bertz CT molecular complexity index is 892. The topological polar surface area (TPSA) is 110 Å². The number of aryl methyl sites for hydroxylation is 1. The summed E-state index contributed by atoms with van der Waals surface area (Å²) >= 11 is 0. The molecule has 3 heterocycles. The molecule has 0 bridgehead atoms. The number of rotatable bonds is 6. The number of hydrogen-bond donors (Lipinski definition) is 2. The first-order valence-corrected chi connectivity index (χ1v) is 10.6. The molecule has 2 fully saturated rings. The average Bonchev–Trinajstić information content (AvgIpc) is 3.25. The number of sulfonamides is 1. The summed E-state index contributed by atoms with van der Waals surface area (Å²) in [6.45, 7) is 4.47. The van der Waals surface area contributed by atoms with Crippen LogP contribution >= 0.6 is 0 Å². The molecule has 0 radical (unpaired) electrons. The monoisotopic (exact) mass is 380 g/mol. The third-order valence-corrected chi connectivity index (χ3v) is 6.97. The average molecular weight is 380 g/mol. The van der Waals surface area contributed by atoms with Crippen LogP contribution < -0.4 is 4.72 Å². The summed E-state index contributed by atoms with van der Waals surface area (Å²) in [6.07, 6.45) is 5.12. The quantitative estimate of drug-likeness (QED) is 0.796. The lowest BCUT2D eigenvalue weighted by molar-refractivity contribution is 0.114. The molecule has 1 aliphatic carbocycles. The molecule has 4 rings (SSSR count). The number of nitrogens with zero attached hydrogens (tertiary/aromatic N) is 2. The van der Waals surface area contributed by atoms with E-state index in [-0.39, 0.29) is 17.5 Å². The van der Waals surface area contributed by atoms with E-state index in [0.717, 1.165) is 25.7 Å². The highest BCUT2D eigenvalue weighted by Gasteiger charge is 2.30. The fourth-order valence-corrected chi connectivity index (χ4v) is 5.09. The van der Waals surface area contributed by atoms with Crippen molar-refractivity contribution >= 4 is 10.0 Å². The largest absolute Gasteiger partial charge is 0.419 e. The van der Waals surface area contributed by atoms with Crippen LogP contribution in [0.4, 0.5) is 0 Å². The molecule has 1 unspecified atom stereocenters. The second-order valence-corrected chi connectivity index (χ2v) is 8.84. The molecule has 1 aliphatic heterocycles. The maximum atomic E-state index is 12.8. The molecule has 1 saturated heterocycles. The minimum Gasteiger partial charge on any atom is -0.419 e. The second kappa shape index (κ2) is 6.79. The molecule has 0 aromatic carbocycles. The summed E-state index contributed by atoms with van der Waals surface area (Å²) in [5.74, 6) is 1.32. The minimum absolute atomic E-state index is 0.0511. The molecule has 26 heavy (non-hydrogen) atoms. The number of nitrogens with one attached hydrogen (secondary N) is 2. The number of hydrogen-bond acceptors (Lipinski definition) is 6. The van der Waals surface area contributed by atoms with Crippen molar-refractivity contribution in [3.63, 3.8) is 0 Å². The summed E-state index contributed by atoms with van der Waals surface area (Å²) < 4.78 is 39.5. The number of ether oxygens (including phenoxy) is 1. The van der Waals surface area contributed by atoms with Gasteiger partial charge in [-0.2, -0.15) is 0 Å². The lowest BCUT2D eigenvalue weighted by Gasteiger charge is -2.20. The Morgan fingerprint density at radius 1 is 1.19 bits per heavy atom. The van der Waals surface area contributed by atoms with E-state index in [4.69, 9.17) is 9.15 Å². The van der Waals surface area contributed by atoms with E-state index in [0.29, 0.717) is 41.3 Å². The van der Waals surface area contributed by atoms with Gasteiger partial charge in [-0.3, -0.25) is 0 Å². The highest BCUT2D eigenvalue weighted by atomic mass is 32.2. The Labute approximate surface area is 152 Å². The van der Waals surface area contributed by atoms with Crippen LogP contribution in [0.25, 0.3) is 11.6 Å². The normalized spacial score (nSPS) is 21.2. The smallest absolute Gasteiger partial charge is 0.264 e. The first-order valence-electron chi connectivity index (χ1n) is 9.10. The van der Waals surface area contributed by atoms with Gasteiger partial charge in [0.05, 0.1) is 6.10 Å². The molecule has 2 aromatic heterocycles. The maximum Gasteiger partial charge on any atom is 0.264 e. The van der Waals surface area contributed by atoms with Gasteiger partial charge in [0, 0.05) is 24.8 Å². The third kappa shape index (κ3) is 3.19. The van der Waals surface area contributed by atoms with Crippen LogP contribution in [0.15, 0.2) is 9.31 Å². The first-order chi connectivity index (χ1) is 12.5. The molecule has 142 valence electrons. The number of aromatic amines is 1. The fourth-order valence-electron chi connectivity index (χ4n) is 3.59. The second-order valence-electron chi connectivity index (χ2n) is 7.14. The van der Waals surface area contributed by atoms with Crippen LogP contribution in [0, 0.1) is 13.8 Å². The van der Waals surface area contributed by atoms with Crippen molar-refractivity contribution < 1.29 is 17.6 Å². The Kier molecular flexibility index (Phi) is 4.62. The van der Waals surface area contributed by atoms with Gasteiger partial charge in [-0.15, -0.1) is 10.2 Å². The predicted octanol–water partition coefficient (Wildman–Crippen LogP) is 2.41. The van der Waals surface area contributed by atoms with Crippen molar-refractivity contribution in [1.82, 2.24) is 19.9 Å². The van der Waals surface area contributed by atoms with Gasteiger partial charge in [-0.1, -0.05) is 6.42 Å². The number of H-pyrrole nitrogens is 1. The van der Waals surface area contributed by atoms with Gasteiger partial charge >= 0.3 is 0 Å². The van der Waals surface area contributed by atoms with Crippen LogP contribution in [0.3, 0.4) is 0 Å². The van der Waals surface area contributed by atoms with Gasteiger partial charge in [0.2, 0.25) is 15.9 Å². The number of aromatic nitrogens is 3. The van der Waals surface area contributed by atoms with E-state index in [2.05, 4.69) is 19.9 Å². The lowest BCUT2D eigenvalue weighted by Crippen LogP contribution is -2.32. The Balaban J connectivity index is 1.58. The van der Waals surface area contributed by atoms with Crippen molar-refractivity contribution in [1.29, 1.82) is 0 Å². The lowest BCUT2D eigenvalue weighted by atomic mass is 9.85. The van der Waals surface area contributed by atoms with Crippen LogP contribution in [-0.2, 0) is 14.8 Å². The molecule has 0 spiro atoms. The predicted molar refractivity (Wildman–Crippen MR) is 94.3 cm³/mol. The third-order valence-electron chi connectivity index (χ3n) is 5.27. The van der Waals surface area contributed by atoms with Crippen LogP contribution in [0.2, 0.25) is 0 Å². The fraction of sp³-hybridized carbons (Fsp3) is 0.647. The summed E-state index contributed by atoms with van der Waals surface area (Å²) in [6, 6.07) is 0. The van der Waals surface area contributed by atoms with Crippen molar-refractivity contribution in [2.45, 2.75) is 62.9 Å². The summed E-state index contributed by atoms with van der Waals surface area (Å²) in [5, 5.41) is 8.24. The van der Waals surface area contributed by atoms with E-state index in [1.807, 2.05) is 0 Å². The Morgan fingerprint density at radius 2 is 2.00 bits per heavy atom. The zero-order valence-electron chi connectivity index (χ0n) is 15.0. The molecule has 2 aliphatic rings. The molecule has 0 amide bonds. The van der Waals surface area contributed by atoms with Crippen molar-refractivity contribution in [2.24, 2.45) is 0 Å². The van der Waals surface area contributed by atoms with Gasteiger partial charge in [0.1, 0.15) is 10.6 Å². The van der Waals surface area contributed by atoms with Gasteiger partial charge in [0.15, 0.2) is 0 Å². The standard InChI is InChI=1S/C17H24N4O4S/c1-10-14(17-21-20-16(25-17)12-5-3-6-12)19-11(2)15(10)26(22,23)18-9-13-7-4-8-24-13/h12-13,18-19H,3-9H2,1-2H3. The molecule has 9 heteroatoms. The van der Waals surface area contributed by atoms with Gasteiger partial charge in [0.25, 0.3) is 5.89 Å².